The van der Waals surface area contributed by atoms with Gasteiger partial charge in [-0.25, -0.2) is 4.98 Å². The minimum Gasteiger partial charge on any atom is -0.348 e. The van der Waals surface area contributed by atoms with Crippen molar-refractivity contribution in [2.45, 2.75) is 46.1 Å². The lowest BCUT2D eigenvalue weighted by atomic mass is 10.0. The summed E-state index contributed by atoms with van der Waals surface area (Å²) in [6.07, 6.45) is 5.17. The second-order valence-corrected chi connectivity index (χ2v) is 6.16. The molecule has 0 aromatic carbocycles. The van der Waals surface area contributed by atoms with Crippen molar-refractivity contribution < 1.29 is 0 Å². The SMILES string of the molecule is CCCNCc1csc(N2CCCC(C)CC2)n1. The number of rotatable bonds is 5. The highest BCUT2D eigenvalue weighted by Crippen LogP contribution is 2.25. The highest BCUT2D eigenvalue weighted by Gasteiger charge is 2.16. The van der Waals surface area contributed by atoms with Crippen LogP contribution in [0.15, 0.2) is 5.38 Å². The summed E-state index contributed by atoms with van der Waals surface area (Å²) < 4.78 is 0. The maximum Gasteiger partial charge on any atom is 0.185 e. The van der Waals surface area contributed by atoms with Crippen molar-refractivity contribution in [3.8, 4) is 0 Å². The van der Waals surface area contributed by atoms with E-state index in [0.717, 1.165) is 19.0 Å². The predicted octanol–water partition coefficient (Wildman–Crippen LogP) is 3.27. The van der Waals surface area contributed by atoms with Crippen LogP contribution in [-0.4, -0.2) is 24.6 Å². The zero-order valence-corrected chi connectivity index (χ0v) is 12.4. The maximum atomic E-state index is 4.75. The second-order valence-electron chi connectivity index (χ2n) is 5.32. The van der Waals surface area contributed by atoms with E-state index in [0.29, 0.717) is 0 Å². The molecule has 2 rings (SSSR count). The summed E-state index contributed by atoms with van der Waals surface area (Å²) in [7, 11) is 0. The van der Waals surface area contributed by atoms with Crippen molar-refractivity contribution in [1.29, 1.82) is 0 Å². The number of anilines is 1. The molecule has 1 fully saturated rings. The van der Waals surface area contributed by atoms with Crippen LogP contribution in [0.4, 0.5) is 5.13 Å². The molecule has 102 valence electrons. The Morgan fingerprint density at radius 3 is 3.17 bits per heavy atom. The zero-order chi connectivity index (χ0) is 12.8. The molecule has 1 aliphatic heterocycles. The average molecular weight is 267 g/mol. The largest absolute Gasteiger partial charge is 0.348 e. The molecule has 1 saturated heterocycles. The van der Waals surface area contributed by atoms with Gasteiger partial charge in [-0.1, -0.05) is 13.8 Å². The molecule has 1 unspecified atom stereocenters. The van der Waals surface area contributed by atoms with Gasteiger partial charge in [-0.2, -0.15) is 0 Å². The first-order valence-electron chi connectivity index (χ1n) is 7.19. The minimum absolute atomic E-state index is 0.876. The molecule has 0 radical (unpaired) electrons. The zero-order valence-electron chi connectivity index (χ0n) is 11.6. The van der Waals surface area contributed by atoms with E-state index >= 15 is 0 Å². The van der Waals surface area contributed by atoms with E-state index in [9.17, 15) is 0 Å². The van der Waals surface area contributed by atoms with Gasteiger partial charge in [0.05, 0.1) is 5.69 Å². The molecule has 0 saturated carbocycles. The standard InChI is InChI=1S/C14H25N3S/c1-3-7-15-10-13-11-18-14(16-13)17-8-4-5-12(2)6-9-17/h11-12,15H,3-10H2,1-2H3. The fourth-order valence-electron chi connectivity index (χ4n) is 2.37. The monoisotopic (exact) mass is 267 g/mol. The molecular weight excluding hydrogens is 242 g/mol. The summed E-state index contributed by atoms with van der Waals surface area (Å²) >= 11 is 1.80. The van der Waals surface area contributed by atoms with Crippen LogP contribution in [0, 0.1) is 5.92 Å². The molecule has 2 heterocycles. The van der Waals surface area contributed by atoms with Gasteiger partial charge in [0.25, 0.3) is 0 Å². The van der Waals surface area contributed by atoms with E-state index in [4.69, 9.17) is 4.98 Å². The number of hydrogen-bond acceptors (Lipinski definition) is 4. The Balaban J connectivity index is 1.88. The number of nitrogens with one attached hydrogen (secondary N) is 1. The number of nitrogens with zero attached hydrogens (tertiary/aromatic N) is 2. The Morgan fingerprint density at radius 2 is 2.33 bits per heavy atom. The second kappa shape index (κ2) is 7.10. The summed E-state index contributed by atoms with van der Waals surface area (Å²) in [5, 5.41) is 6.83. The average Bonchev–Trinajstić information content (AvgIpc) is 2.72. The molecule has 1 atom stereocenters. The number of hydrogen-bond donors (Lipinski definition) is 1. The molecular formula is C14H25N3S. The van der Waals surface area contributed by atoms with Gasteiger partial charge in [-0.3, -0.25) is 0 Å². The van der Waals surface area contributed by atoms with E-state index in [1.807, 2.05) is 0 Å². The van der Waals surface area contributed by atoms with E-state index in [-0.39, 0.29) is 0 Å². The Hall–Kier alpha value is -0.610. The lowest BCUT2D eigenvalue weighted by Gasteiger charge is -2.18. The van der Waals surface area contributed by atoms with Crippen LogP contribution in [0.2, 0.25) is 0 Å². The fourth-order valence-corrected chi connectivity index (χ4v) is 3.25. The van der Waals surface area contributed by atoms with E-state index < -0.39 is 0 Å². The first-order valence-corrected chi connectivity index (χ1v) is 8.07. The molecule has 0 bridgehead atoms. The van der Waals surface area contributed by atoms with Crippen molar-refractivity contribution in [3.05, 3.63) is 11.1 Å². The molecule has 4 heteroatoms. The summed E-state index contributed by atoms with van der Waals surface area (Å²) in [5.41, 5.74) is 1.20. The van der Waals surface area contributed by atoms with Crippen LogP contribution >= 0.6 is 11.3 Å². The summed E-state index contributed by atoms with van der Waals surface area (Å²) in [4.78, 5) is 7.22. The molecule has 1 aromatic rings. The van der Waals surface area contributed by atoms with Crippen LogP contribution in [0.3, 0.4) is 0 Å². The maximum absolute atomic E-state index is 4.75. The van der Waals surface area contributed by atoms with Crippen molar-refractivity contribution in [2.24, 2.45) is 5.92 Å². The Labute approximate surface area is 115 Å². The van der Waals surface area contributed by atoms with E-state index in [1.54, 1.807) is 11.3 Å². The van der Waals surface area contributed by atoms with Crippen LogP contribution in [0.25, 0.3) is 0 Å². The van der Waals surface area contributed by atoms with Gasteiger partial charge in [0, 0.05) is 25.0 Å². The summed E-state index contributed by atoms with van der Waals surface area (Å²) in [6, 6.07) is 0. The smallest absolute Gasteiger partial charge is 0.185 e. The van der Waals surface area contributed by atoms with Gasteiger partial charge in [0.15, 0.2) is 5.13 Å². The molecule has 1 aromatic heterocycles. The van der Waals surface area contributed by atoms with Crippen LogP contribution in [-0.2, 0) is 6.54 Å². The number of aromatic nitrogens is 1. The Kier molecular flexibility index (Phi) is 5.45. The quantitative estimate of drug-likeness (QED) is 0.830. The van der Waals surface area contributed by atoms with Gasteiger partial charge in [0.2, 0.25) is 0 Å². The highest BCUT2D eigenvalue weighted by atomic mass is 32.1. The van der Waals surface area contributed by atoms with E-state index in [2.05, 4.69) is 29.4 Å². The van der Waals surface area contributed by atoms with Gasteiger partial charge in [-0.15, -0.1) is 11.3 Å². The predicted molar refractivity (Wildman–Crippen MR) is 79.3 cm³/mol. The van der Waals surface area contributed by atoms with Gasteiger partial charge < -0.3 is 10.2 Å². The van der Waals surface area contributed by atoms with Crippen molar-refractivity contribution >= 4 is 16.5 Å². The molecule has 1 aliphatic rings. The molecule has 0 spiro atoms. The molecule has 1 N–H and O–H groups in total. The summed E-state index contributed by atoms with van der Waals surface area (Å²) in [6.45, 7) is 8.90. The first-order chi connectivity index (χ1) is 8.79. The summed E-state index contributed by atoms with van der Waals surface area (Å²) in [5.74, 6) is 0.876. The van der Waals surface area contributed by atoms with Crippen molar-refractivity contribution in [2.75, 3.05) is 24.5 Å². The third kappa shape index (κ3) is 3.95. The lowest BCUT2D eigenvalue weighted by molar-refractivity contribution is 0.521. The Bertz CT molecular complexity index is 351. The van der Waals surface area contributed by atoms with Crippen LogP contribution < -0.4 is 10.2 Å². The molecule has 0 amide bonds. The lowest BCUT2D eigenvalue weighted by Crippen LogP contribution is -2.24. The van der Waals surface area contributed by atoms with Gasteiger partial charge in [-0.05, 0) is 38.1 Å². The Morgan fingerprint density at radius 1 is 1.44 bits per heavy atom. The normalized spacial score (nSPS) is 21.0. The van der Waals surface area contributed by atoms with Crippen LogP contribution in [0.1, 0.15) is 45.2 Å². The third-order valence-corrected chi connectivity index (χ3v) is 4.51. The van der Waals surface area contributed by atoms with Gasteiger partial charge >= 0.3 is 0 Å². The minimum atomic E-state index is 0.876. The first kappa shape index (κ1) is 13.8. The van der Waals surface area contributed by atoms with Crippen LogP contribution in [0.5, 0.6) is 0 Å². The van der Waals surface area contributed by atoms with Gasteiger partial charge in [0.1, 0.15) is 0 Å². The third-order valence-electron chi connectivity index (χ3n) is 3.56. The molecule has 18 heavy (non-hydrogen) atoms. The van der Waals surface area contributed by atoms with E-state index in [1.165, 1.54) is 49.6 Å². The number of thiazole rings is 1. The topological polar surface area (TPSA) is 28.2 Å². The van der Waals surface area contributed by atoms with Crippen molar-refractivity contribution in [3.63, 3.8) is 0 Å². The van der Waals surface area contributed by atoms with Crippen molar-refractivity contribution in [1.82, 2.24) is 10.3 Å². The fraction of sp³-hybridized carbons (Fsp3) is 0.786. The molecule has 3 nitrogen and oxygen atoms in total. The highest BCUT2D eigenvalue weighted by molar-refractivity contribution is 7.13. The molecule has 0 aliphatic carbocycles.